The lowest BCUT2D eigenvalue weighted by Crippen LogP contribution is -2.52. The van der Waals surface area contributed by atoms with Gasteiger partial charge in [-0.15, -0.1) is 0 Å². The smallest absolute Gasteiger partial charge is 0.193 e. The number of guanidine groups is 1. The molecule has 6 nitrogen and oxygen atoms in total. The summed E-state index contributed by atoms with van der Waals surface area (Å²) in [4.78, 5) is 9.15. The standard InChI is InChI=1S/C20H34N4O2/c1-17(2)16-26-14-6-9-22-20(21-3)24-12-10-23(11-13-24)18-7-5-8-19(15-18)25-4/h5,7-8,15,17H,6,9-14,16H2,1-4H3,(H,21,22). The van der Waals surface area contributed by atoms with Gasteiger partial charge in [-0.3, -0.25) is 4.99 Å². The summed E-state index contributed by atoms with van der Waals surface area (Å²) in [7, 11) is 3.56. The fourth-order valence-electron chi connectivity index (χ4n) is 3.01. The highest BCUT2D eigenvalue weighted by atomic mass is 16.5. The highest BCUT2D eigenvalue weighted by Gasteiger charge is 2.19. The van der Waals surface area contributed by atoms with Crippen LogP contribution in [-0.2, 0) is 4.74 Å². The van der Waals surface area contributed by atoms with Crippen molar-refractivity contribution in [1.82, 2.24) is 10.2 Å². The van der Waals surface area contributed by atoms with Gasteiger partial charge in [-0.05, 0) is 24.5 Å². The van der Waals surface area contributed by atoms with Crippen LogP contribution >= 0.6 is 0 Å². The van der Waals surface area contributed by atoms with Gasteiger partial charge >= 0.3 is 0 Å². The van der Waals surface area contributed by atoms with Gasteiger partial charge in [0, 0.05) is 64.7 Å². The minimum atomic E-state index is 0.594. The molecule has 0 bridgehead atoms. The van der Waals surface area contributed by atoms with Crippen molar-refractivity contribution in [3.63, 3.8) is 0 Å². The molecular weight excluding hydrogens is 328 g/mol. The fourth-order valence-corrected chi connectivity index (χ4v) is 3.01. The normalized spacial score (nSPS) is 15.5. The summed E-state index contributed by atoms with van der Waals surface area (Å²) >= 11 is 0. The van der Waals surface area contributed by atoms with Crippen molar-refractivity contribution in [3.05, 3.63) is 24.3 Å². The highest BCUT2D eigenvalue weighted by Crippen LogP contribution is 2.22. The molecule has 1 N–H and O–H groups in total. The number of piperazine rings is 1. The van der Waals surface area contributed by atoms with Crippen LogP contribution in [0.15, 0.2) is 29.3 Å². The molecule has 1 aromatic rings. The molecule has 0 saturated carbocycles. The Balaban J connectivity index is 1.73. The summed E-state index contributed by atoms with van der Waals surface area (Å²) in [5.41, 5.74) is 1.22. The average molecular weight is 363 g/mol. The SMILES string of the molecule is CN=C(NCCCOCC(C)C)N1CCN(c2cccc(OC)c2)CC1. The Hall–Kier alpha value is -1.95. The van der Waals surface area contributed by atoms with E-state index in [-0.39, 0.29) is 0 Å². The maximum absolute atomic E-state index is 5.63. The van der Waals surface area contributed by atoms with Crippen molar-refractivity contribution in [1.29, 1.82) is 0 Å². The molecule has 1 aliphatic heterocycles. The maximum Gasteiger partial charge on any atom is 0.193 e. The number of nitrogens with one attached hydrogen (secondary N) is 1. The first-order valence-corrected chi connectivity index (χ1v) is 9.56. The van der Waals surface area contributed by atoms with Crippen LogP contribution in [0.1, 0.15) is 20.3 Å². The van der Waals surface area contributed by atoms with Crippen LogP contribution in [0.4, 0.5) is 5.69 Å². The third-order valence-electron chi connectivity index (χ3n) is 4.41. The van der Waals surface area contributed by atoms with Gasteiger partial charge < -0.3 is 24.6 Å². The van der Waals surface area contributed by atoms with E-state index in [0.717, 1.165) is 64.1 Å². The molecule has 1 fully saturated rings. The molecule has 1 saturated heterocycles. The number of hydrogen-bond donors (Lipinski definition) is 1. The third-order valence-corrected chi connectivity index (χ3v) is 4.41. The van der Waals surface area contributed by atoms with Gasteiger partial charge in [-0.25, -0.2) is 0 Å². The first-order chi connectivity index (χ1) is 12.6. The zero-order chi connectivity index (χ0) is 18.8. The quantitative estimate of drug-likeness (QED) is 0.437. The summed E-state index contributed by atoms with van der Waals surface area (Å²) in [5.74, 6) is 2.48. The molecule has 1 aliphatic rings. The van der Waals surface area contributed by atoms with Gasteiger partial charge in [0.1, 0.15) is 5.75 Å². The molecule has 0 amide bonds. The van der Waals surface area contributed by atoms with E-state index in [9.17, 15) is 0 Å². The summed E-state index contributed by atoms with van der Waals surface area (Å²) in [6, 6.07) is 8.26. The number of hydrogen-bond acceptors (Lipinski definition) is 4. The van der Waals surface area contributed by atoms with Gasteiger partial charge in [-0.1, -0.05) is 19.9 Å². The van der Waals surface area contributed by atoms with Crippen LogP contribution in [0.25, 0.3) is 0 Å². The molecule has 6 heteroatoms. The molecule has 2 rings (SSSR count). The Labute approximate surface area is 158 Å². The van der Waals surface area contributed by atoms with E-state index in [1.165, 1.54) is 5.69 Å². The molecule has 0 radical (unpaired) electrons. The largest absolute Gasteiger partial charge is 0.497 e. The maximum atomic E-state index is 5.63. The molecule has 1 aromatic carbocycles. The van der Waals surface area contributed by atoms with Crippen LogP contribution in [0.5, 0.6) is 5.75 Å². The van der Waals surface area contributed by atoms with Crippen molar-refractivity contribution < 1.29 is 9.47 Å². The monoisotopic (exact) mass is 362 g/mol. The van der Waals surface area contributed by atoms with Crippen LogP contribution in [-0.4, -0.2) is 71.0 Å². The number of ether oxygens (including phenoxy) is 2. The summed E-state index contributed by atoms with van der Waals surface area (Å²) in [5, 5.41) is 3.46. The van der Waals surface area contributed by atoms with Crippen LogP contribution in [0.3, 0.4) is 0 Å². The second-order valence-electron chi connectivity index (χ2n) is 6.97. The number of nitrogens with zero attached hydrogens (tertiary/aromatic N) is 3. The molecule has 0 unspecified atom stereocenters. The molecule has 0 spiro atoms. The zero-order valence-corrected chi connectivity index (χ0v) is 16.7. The minimum absolute atomic E-state index is 0.594. The van der Waals surface area contributed by atoms with Crippen molar-refractivity contribution in [2.75, 3.05) is 65.0 Å². The molecule has 0 atom stereocenters. The first-order valence-electron chi connectivity index (χ1n) is 9.56. The van der Waals surface area contributed by atoms with Gasteiger partial charge in [0.15, 0.2) is 5.96 Å². The van der Waals surface area contributed by atoms with Gasteiger partial charge in [0.2, 0.25) is 0 Å². The second kappa shape index (κ2) is 10.9. The lowest BCUT2D eigenvalue weighted by Gasteiger charge is -2.37. The predicted octanol–water partition coefficient (Wildman–Crippen LogP) is 2.46. The number of rotatable bonds is 8. The van der Waals surface area contributed by atoms with Crippen LogP contribution < -0.4 is 15.0 Å². The van der Waals surface area contributed by atoms with E-state index in [2.05, 4.69) is 46.1 Å². The Bertz CT molecular complexity index is 554. The molecule has 146 valence electrons. The molecule has 0 aromatic heterocycles. The number of aliphatic imine (C=N–C) groups is 1. The summed E-state index contributed by atoms with van der Waals surface area (Å²) in [6.45, 7) is 10.7. The van der Waals surface area contributed by atoms with E-state index in [1.807, 2.05) is 19.2 Å². The lowest BCUT2D eigenvalue weighted by atomic mass is 10.2. The fraction of sp³-hybridized carbons (Fsp3) is 0.650. The first kappa shape index (κ1) is 20.4. The van der Waals surface area contributed by atoms with E-state index in [0.29, 0.717) is 5.92 Å². The molecular formula is C20H34N4O2. The van der Waals surface area contributed by atoms with Gasteiger partial charge in [0.05, 0.1) is 7.11 Å². The van der Waals surface area contributed by atoms with E-state index < -0.39 is 0 Å². The van der Waals surface area contributed by atoms with Crippen molar-refractivity contribution >= 4 is 11.6 Å². The summed E-state index contributed by atoms with van der Waals surface area (Å²) < 4.78 is 11.0. The number of benzene rings is 1. The number of methoxy groups -OCH3 is 1. The molecule has 26 heavy (non-hydrogen) atoms. The Kier molecular flexibility index (Phi) is 8.54. The Morgan fingerprint density at radius 1 is 1.23 bits per heavy atom. The Morgan fingerprint density at radius 3 is 2.65 bits per heavy atom. The lowest BCUT2D eigenvalue weighted by molar-refractivity contribution is 0.108. The minimum Gasteiger partial charge on any atom is -0.497 e. The zero-order valence-electron chi connectivity index (χ0n) is 16.7. The topological polar surface area (TPSA) is 49.3 Å². The van der Waals surface area contributed by atoms with Crippen molar-refractivity contribution in [3.8, 4) is 5.75 Å². The number of anilines is 1. The van der Waals surface area contributed by atoms with Gasteiger partial charge in [-0.2, -0.15) is 0 Å². The highest BCUT2D eigenvalue weighted by molar-refractivity contribution is 5.80. The second-order valence-corrected chi connectivity index (χ2v) is 6.97. The van der Waals surface area contributed by atoms with E-state index in [1.54, 1.807) is 7.11 Å². The van der Waals surface area contributed by atoms with E-state index >= 15 is 0 Å². The molecule has 0 aliphatic carbocycles. The van der Waals surface area contributed by atoms with E-state index in [4.69, 9.17) is 9.47 Å². The van der Waals surface area contributed by atoms with Crippen LogP contribution in [0, 0.1) is 5.92 Å². The van der Waals surface area contributed by atoms with Gasteiger partial charge in [0.25, 0.3) is 0 Å². The predicted molar refractivity (Wildman–Crippen MR) is 108 cm³/mol. The average Bonchev–Trinajstić information content (AvgIpc) is 2.67. The summed E-state index contributed by atoms with van der Waals surface area (Å²) in [6.07, 6.45) is 0.996. The van der Waals surface area contributed by atoms with Crippen LogP contribution in [0.2, 0.25) is 0 Å². The van der Waals surface area contributed by atoms with Crippen molar-refractivity contribution in [2.24, 2.45) is 10.9 Å². The van der Waals surface area contributed by atoms with Crippen molar-refractivity contribution in [2.45, 2.75) is 20.3 Å². The Morgan fingerprint density at radius 2 is 2.00 bits per heavy atom. The molecule has 1 heterocycles. The third kappa shape index (κ3) is 6.41.